The van der Waals surface area contributed by atoms with Gasteiger partial charge in [0.2, 0.25) is 11.9 Å². The molecule has 0 N–H and O–H groups in total. The fourth-order valence-corrected chi connectivity index (χ4v) is 1.91. The highest BCUT2D eigenvalue weighted by molar-refractivity contribution is 5.81. The van der Waals surface area contributed by atoms with Gasteiger partial charge in [-0.05, 0) is 19.4 Å². The molecule has 1 aliphatic heterocycles. The van der Waals surface area contributed by atoms with Crippen molar-refractivity contribution in [2.24, 2.45) is 0 Å². The molecule has 6 nitrogen and oxygen atoms in total. The molecule has 2 heterocycles. The first-order valence-corrected chi connectivity index (χ1v) is 5.85. The standard InChI is InChI=1S/C12H15N5O/c1-9-6-10(7-13)15-12(14-9)17-5-3-4-16(2)11(18)8-17/h6H,3-5,8H2,1-2H3. The molecule has 1 fully saturated rings. The number of hydrogen-bond acceptors (Lipinski definition) is 5. The molecule has 0 bridgehead atoms. The van der Waals surface area contributed by atoms with E-state index in [4.69, 9.17) is 5.26 Å². The van der Waals surface area contributed by atoms with Crippen LogP contribution in [0.4, 0.5) is 5.95 Å². The first-order chi connectivity index (χ1) is 8.60. The highest BCUT2D eigenvalue weighted by Crippen LogP contribution is 2.13. The Hall–Kier alpha value is -2.16. The molecule has 1 amide bonds. The molecular weight excluding hydrogens is 230 g/mol. The van der Waals surface area contributed by atoms with Crippen molar-refractivity contribution in [2.45, 2.75) is 13.3 Å². The Balaban J connectivity index is 2.28. The number of amides is 1. The van der Waals surface area contributed by atoms with Crippen molar-refractivity contribution < 1.29 is 4.79 Å². The summed E-state index contributed by atoms with van der Waals surface area (Å²) in [6.45, 7) is 3.55. The summed E-state index contributed by atoms with van der Waals surface area (Å²) >= 11 is 0. The second-order valence-electron chi connectivity index (χ2n) is 4.40. The fraction of sp³-hybridized carbons (Fsp3) is 0.500. The zero-order valence-electron chi connectivity index (χ0n) is 10.6. The molecule has 1 saturated heterocycles. The van der Waals surface area contributed by atoms with E-state index in [0.717, 1.165) is 25.2 Å². The molecule has 94 valence electrons. The second kappa shape index (κ2) is 5.00. The lowest BCUT2D eigenvalue weighted by atomic mass is 10.3. The third-order valence-electron chi connectivity index (χ3n) is 2.91. The average Bonchev–Trinajstić information content (AvgIpc) is 2.51. The van der Waals surface area contributed by atoms with Gasteiger partial charge < -0.3 is 9.80 Å². The number of aryl methyl sites for hydroxylation is 1. The van der Waals surface area contributed by atoms with Crippen molar-refractivity contribution in [3.05, 3.63) is 17.5 Å². The molecule has 0 radical (unpaired) electrons. The number of anilines is 1. The number of carbonyl (C=O) groups is 1. The summed E-state index contributed by atoms with van der Waals surface area (Å²) in [7, 11) is 1.80. The number of rotatable bonds is 1. The van der Waals surface area contributed by atoms with E-state index < -0.39 is 0 Å². The fourth-order valence-electron chi connectivity index (χ4n) is 1.91. The summed E-state index contributed by atoms with van der Waals surface area (Å²) in [5, 5.41) is 8.90. The number of aromatic nitrogens is 2. The Labute approximate surface area is 106 Å². The monoisotopic (exact) mass is 245 g/mol. The van der Waals surface area contributed by atoms with Crippen molar-refractivity contribution in [3.63, 3.8) is 0 Å². The molecule has 0 aromatic carbocycles. The van der Waals surface area contributed by atoms with Crippen LogP contribution in [0.3, 0.4) is 0 Å². The molecule has 18 heavy (non-hydrogen) atoms. The van der Waals surface area contributed by atoms with E-state index >= 15 is 0 Å². The number of nitriles is 1. The maximum atomic E-state index is 11.8. The van der Waals surface area contributed by atoms with Gasteiger partial charge in [0.05, 0.1) is 6.54 Å². The van der Waals surface area contributed by atoms with Gasteiger partial charge in [0.15, 0.2) is 0 Å². The first-order valence-electron chi connectivity index (χ1n) is 5.85. The van der Waals surface area contributed by atoms with Crippen molar-refractivity contribution >= 4 is 11.9 Å². The Kier molecular flexibility index (Phi) is 3.42. The molecule has 0 aliphatic carbocycles. The van der Waals surface area contributed by atoms with Crippen LogP contribution in [0.5, 0.6) is 0 Å². The van der Waals surface area contributed by atoms with E-state index in [0.29, 0.717) is 11.6 Å². The van der Waals surface area contributed by atoms with Crippen molar-refractivity contribution in [1.82, 2.24) is 14.9 Å². The zero-order valence-corrected chi connectivity index (χ0v) is 10.6. The largest absolute Gasteiger partial charge is 0.344 e. The van der Waals surface area contributed by atoms with E-state index in [9.17, 15) is 4.79 Å². The summed E-state index contributed by atoms with van der Waals surface area (Å²) in [6.07, 6.45) is 0.876. The highest BCUT2D eigenvalue weighted by Gasteiger charge is 2.21. The van der Waals surface area contributed by atoms with Gasteiger partial charge >= 0.3 is 0 Å². The highest BCUT2D eigenvalue weighted by atomic mass is 16.2. The lowest BCUT2D eigenvalue weighted by Crippen LogP contribution is -2.35. The predicted molar refractivity (Wildman–Crippen MR) is 66.0 cm³/mol. The minimum atomic E-state index is 0.0520. The van der Waals surface area contributed by atoms with Crippen LogP contribution in [-0.4, -0.2) is 47.5 Å². The van der Waals surface area contributed by atoms with Crippen molar-refractivity contribution in [3.8, 4) is 6.07 Å². The van der Waals surface area contributed by atoms with Gasteiger partial charge in [-0.15, -0.1) is 0 Å². The van der Waals surface area contributed by atoms with Crippen LogP contribution in [-0.2, 0) is 4.79 Å². The van der Waals surface area contributed by atoms with Crippen LogP contribution in [0.2, 0.25) is 0 Å². The van der Waals surface area contributed by atoms with Crippen LogP contribution < -0.4 is 4.90 Å². The van der Waals surface area contributed by atoms with Crippen molar-refractivity contribution in [2.75, 3.05) is 31.6 Å². The lowest BCUT2D eigenvalue weighted by molar-refractivity contribution is -0.127. The van der Waals surface area contributed by atoms with Crippen LogP contribution in [0.15, 0.2) is 6.07 Å². The van der Waals surface area contributed by atoms with Crippen LogP contribution in [0.1, 0.15) is 17.8 Å². The van der Waals surface area contributed by atoms with Gasteiger partial charge in [0, 0.05) is 25.8 Å². The molecule has 6 heteroatoms. The molecule has 2 rings (SSSR count). The normalized spacial score (nSPS) is 16.4. The molecule has 0 saturated carbocycles. The van der Waals surface area contributed by atoms with Gasteiger partial charge in [-0.3, -0.25) is 4.79 Å². The van der Waals surface area contributed by atoms with E-state index in [1.807, 2.05) is 17.9 Å². The first kappa shape index (κ1) is 12.3. The summed E-state index contributed by atoms with van der Waals surface area (Å²) in [4.78, 5) is 23.8. The van der Waals surface area contributed by atoms with Crippen LogP contribution in [0, 0.1) is 18.3 Å². The summed E-state index contributed by atoms with van der Waals surface area (Å²) in [5.41, 5.74) is 1.07. The quantitative estimate of drug-likeness (QED) is 0.712. The molecule has 0 atom stereocenters. The van der Waals surface area contributed by atoms with E-state index in [1.165, 1.54) is 0 Å². The molecule has 1 aliphatic rings. The number of nitrogens with zero attached hydrogens (tertiary/aromatic N) is 5. The maximum Gasteiger partial charge on any atom is 0.241 e. The number of likely N-dealkylation sites (N-methyl/N-ethyl adjacent to an activating group) is 1. The SMILES string of the molecule is Cc1cc(C#N)nc(N2CCCN(C)C(=O)C2)n1. The third kappa shape index (κ3) is 2.56. The van der Waals surface area contributed by atoms with Gasteiger partial charge in [0.25, 0.3) is 0 Å². The minimum absolute atomic E-state index is 0.0520. The van der Waals surface area contributed by atoms with Gasteiger partial charge in [-0.1, -0.05) is 0 Å². The Bertz CT molecular complexity index is 508. The Morgan fingerprint density at radius 2 is 2.17 bits per heavy atom. The Morgan fingerprint density at radius 3 is 2.89 bits per heavy atom. The third-order valence-corrected chi connectivity index (χ3v) is 2.91. The predicted octanol–water partition coefficient (Wildman–Crippen LogP) is 0.325. The zero-order chi connectivity index (χ0) is 13.1. The average molecular weight is 245 g/mol. The smallest absolute Gasteiger partial charge is 0.241 e. The van der Waals surface area contributed by atoms with Crippen molar-refractivity contribution in [1.29, 1.82) is 5.26 Å². The van der Waals surface area contributed by atoms with E-state index in [1.54, 1.807) is 18.0 Å². The van der Waals surface area contributed by atoms with E-state index in [-0.39, 0.29) is 12.5 Å². The van der Waals surface area contributed by atoms with Gasteiger partial charge in [0.1, 0.15) is 11.8 Å². The van der Waals surface area contributed by atoms with Gasteiger partial charge in [-0.2, -0.15) is 5.26 Å². The lowest BCUT2D eigenvalue weighted by Gasteiger charge is -2.19. The van der Waals surface area contributed by atoms with Crippen LogP contribution >= 0.6 is 0 Å². The minimum Gasteiger partial charge on any atom is -0.344 e. The number of carbonyl (C=O) groups excluding carboxylic acids is 1. The van der Waals surface area contributed by atoms with Gasteiger partial charge in [-0.25, -0.2) is 9.97 Å². The molecular formula is C12H15N5O. The molecule has 0 unspecified atom stereocenters. The molecule has 1 aromatic heterocycles. The maximum absolute atomic E-state index is 11.8. The molecule has 0 spiro atoms. The Morgan fingerprint density at radius 1 is 1.39 bits per heavy atom. The topological polar surface area (TPSA) is 73.1 Å². The molecule has 1 aromatic rings. The summed E-state index contributed by atoms with van der Waals surface area (Å²) < 4.78 is 0. The second-order valence-corrected chi connectivity index (χ2v) is 4.40. The number of hydrogen-bond donors (Lipinski definition) is 0. The van der Waals surface area contributed by atoms with Crippen LogP contribution in [0.25, 0.3) is 0 Å². The summed E-state index contributed by atoms with van der Waals surface area (Å²) in [5.74, 6) is 0.520. The van der Waals surface area contributed by atoms with E-state index in [2.05, 4.69) is 9.97 Å². The summed E-state index contributed by atoms with van der Waals surface area (Å²) in [6, 6.07) is 3.64.